The third-order valence-corrected chi connectivity index (χ3v) is 13.4. The van der Waals surface area contributed by atoms with Gasteiger partial charge in [-0.2, -0.15) is 0 Å². The van der Waals surface area contributed by atoms with E-state index < -0.39 is 7.74 Å². The van der Waals surface area contributed by atoms with Crippen molar-refractivity contribution in [2.24, 2.45) is 5.41 Å². The van der Waals surface area contributed by atoms with E-state index >= 15 is 0 Å². The number of hydrogen-bond donors (Lipinski definition) is 0. The Hall–Kier alpha value is 0.317. The van der Waals surface area contributed by atoms with Crippen molar-refractivity contribution in [2.45, 2.75) is 78.2 Å². The molecule has 1 nitrogen and oxygen atoms in total. The van der Waals surface area contributed by atoms with Crippen molar-refractivity contribution in [3.05, 3.63) is 0 Å². The molecular weight excluding hydrogens is 243 g/mol. The van der Waals surface area contributed by atoms with Gasteiger partial charge in [-0.05, 0) is 26.0 Å². The summed E-state index contributed by atoms with van der Waals surface area (Å²) >= 11 is 0. The first kappa shape index (κ1) is 15.4. The zero-order chi connectivity index (χ0) is 13.3. The monoisotopic (exact) mass is 272 g/mol. The zero-order valence-corrected chi connectivity index (χ0v) is 14.4. The van der Waals surface area contributed by atoms with Crippen molar-refractivity contribution in [1.29, 1.82) is 0 Å². The Balaban J connectivity index is 2.91. The van der Waals surface area contributed by atoms with Crippen molar-refractivity contribution in [1.82, 2.24) is 0 Å². The van der Waals surface area contributed by atoms with Gasteiger partial charge in [0.1, 0.15) is 0 Å². The van der Waals surface area contributed by atoms with Gasteiger partial charge in [0.15, 0.2) is 5.52 Å². The quantitative estimate of drug-likeness (QED) is 0.509. The lowest BCUT2D eigenvalue weighted by Gasteiger charge is -2.40. The minimum absolute atomic E-state index is 0.135. The van der Waals surface area contributed by atoms with E-state index in [2.05, 4.69) is 40.4 Å². The summed E-state index contributed by atoms with van der Waals surface area (Å²) in [6, 6.07) is 0. The van der Waals surface area contributed by atoms with E-state index in [0.717, 1.165) is 5.66 Å². The van der Waals surface area contributed by atoms with E-state index in [4.69, 9.17) is 0 Å². The van der Waals surface area contributed by atoms with E-state index in [0.29, 0.717) is 5.52 Å². The Morgan fingerprint density at radius 2 is 1.53 bits per heavy atom. The fourth-order valence-electron chi connectivity index (χ4n) is 2.72. The van der Waals surface area contributed by atoms with E-state index in [1.54, 1.807) is 0 Å². The largest absolute Gasteiger partial charge is 0.294 e. The smallest absolute Gasteiger partial charge is 0.156 e. The van der Waals surface area contributed by atoms with Gasteiger partial charge in [-0.15, -0.1) is 0 Å². The highest BCUT2D eigenvalue weighted by atomic mass is 31.4. The third kappa shape index (κ3) is 4.17. The Bertz CT molecular complexity index is 269. The molecule has 0 amide bonds. The molecule has 0 aromatic heterocycles. The molecule has 1 unspecified atom stereocenters. The maximum atomic E-state index is 12.8. The van der Waals surface area contributed by atoms with E-state index in [9.17, 15) is 4.79 Å². The number of rotatable bonds is 3. The lowest BCUT2D eigenvalue weighted by molar-refractivity contribution is -0.117. The van der Waals surface area contributed by atoms with Crippen molar-refractivity contribution >= 4 is 20.7 Å². The van der Waals surface area contributed by atoms with E-state index in [-0.39, 0.29) is 12.9 Å². The third-order valence-electron chi connectivity index (χ3n) is 3.52. The fourth-order valence-corrected chi connectivity index (χ4v) is 13.3. The van der Waals surface area contributed by atoms with Crippen LogP contribution in [0.3, 0.4) is 0 Å². The minimum atomic E-state index is -1.33. The lowest BCUT2D eigenvalue weighted by Crippen LogP contribution is -2.35. The number of carbonyl (C=O) groups excluding carboxylic acids is 1. The molecule has 100 valence electrons. The SMILES string of the molecule is CC(C)(C)C(=O)P(C1CCCCC1)[Si](C)(C)C. The highest BCUT2D eigenvalue weighted by Gasteiger charge is 2.42. The molecule has 0 heterocycles. The first-order chi connectivity index (χ1) is 7.64. The van der Waals surface area contributed by atoms with Gasteiger partial charge in [-0.25, -0.2) is 0 Å². The van der Waals surface area contributed by atoms with Crippen LogP contribution in [-0.4, -0.2) is 18.9 Å². The average molecular weight is 272 g/mol. The summed E-state index contributed by atoms with van der Waals surface area (Å²) in [5.74, 6) is 0. The first-order valence-electron chi connectivity index (χ1n) is 6.98. The molecule has 1 saturated carbocycles. The molecule has 0 spiro atoms. The van der Waals surface area contributed by atoms with Crippen molar-refractivity contribution < 1.29 is 4.79 Å². The summed E-state index contributed by atoms with van der Waals surface area (Å²) in [5.41, 5.74) is 1.21. The highest BCUT2D eigenvalue weighted by molar-refractivity contribution is 8.06. The molecule has 1 aliphatic carbocycles. The van der Waals surface area contributed by atoms with Gasteiger partial charge in [0.2, 0.25) is 0 Å². The van der Waals surface area contributed by atoms with Crippen LogP contribution in [0.15, 0.2) is 0 Å². The van der Waals surface area contributed by atoms with Crippen LogP contribution in [0.2, 0.25) is 19.6 Å². The van der Waals surface area contributed by atoms with Crippen molar-refractivity contribution in [2.75, 3.05) is 0 Å². The van der Waals surface area contributed by atoms with Gasteiger partial charge >= 0.3 is 0 Å². The molecule has 0 saturated heterocycles. The fraction of sp³-hybridized carbons (Fsp3) is 0.929. The summed E-state index contributed by atoms with van der Waals surface area (Å²) < 4.78 is 0. The Morgan fingerprint density at radius 1 is 1.06 bits per heavy atom. The van der Waals surface area contributed by atoms with Crippen LogP contribution in [0.4, 0.5) is 0 Å². The topological polar surface area (TPSA) is 17.1 Å². The molecule has 3 heteroatoms. The molecule has 0 N–H and O–H groups in total. The molecule has 0 aromatic rings. The Morgan fingerprint density at radius 3 is 1.88 bits per heavy atom. The molecule has 0 aromatic carbocycles. The normalized spacial score (nSPS) is 21.3. The summed E-state index contributed by atoms with van der Waals surface area (Å²) in [6.07, 6.45) is 6.72. The molecule has 1 fully saturated rings. The maximum Gasteiger partial charge on any atom is 0.156 e. The first-order valence-corrected chi connectivity index (χ1v) is 12.7. The summed E-state index contributed by atoms with van der Waals surface area (Å²) in [4.78, 5) is 12.8. The summed E-state index contributed by atoms with van der Waals surface area (Å²) in [7, 11) is -1.70. The Labute approximate surface area is 109 Å². The van der Waals surface area contributed by atoms with Crippen LogP contribution in [0.25, 0.3) is 0 Å². The van der Waals surface area contributed by atoms with Crippen LogP contribution < -0.4 is 0 Å². The second-order valence-corrected chi connectivity index (χ2v) is 19.1. The summed E-state index contributed by atoms with van der Waals surface area (Å²) in [6.45, 7) is 13.5. The molecule has 0 bridgehead atoms. The summed E-state index contributed by atoms with van der Waals surface area (Å²) in [5, 5.41) is 0. The van der Waals surface area contributed by atoms with Crippen LogP contribution in [-0.2, 0) is 4.79 Å². The highest BCUT2D eigenvalue weighted by Crippen LogP contribution is 2.58. The molecule has 0 radical (unpaired) electrons. The Kier molecular flexibility index (Phi) is 5.00. The lowest BCUT2D eigenvalue weighted by atomic mass is 9.99. The van der Waals surface area contributed by atoms with Crippen LogP contribution in [0, 0.1) is 5.41 Å². The predicted molar refractivity (Wildman–Crippen MR) is 81.6 cm³/mol. The molecular formula is C14H29OPSi. The second-order valence-electron chi connectivity index (χ2n) is 7.39. The van der Waals surface area contributed by atoms with E-state index in [1.807, 2.05) is 0 Å². The van der Waals surface area contributed by atoms with Crippen LogP contribution in [0.1, 0.15) is 52.9 Å². The molecule has 1 atom stereocenters. The average Bonchev–Trinajstić information content (AvgIpc) is 2.15. The molecule has 1 aliphatic rings. The van der Waals surface area contributed by atoms with Gasteiger partial charge in [-0.3, -0.25) is 4.79 Å². The molecule has 17 heavy (non-hydrogen) atoms. The van der Waals surface area contributed by atoms with Gasteiger partial charge in [0.25, 0.3) is 0 Å². The van der Waals surface area contributed by atoms with E-state index in [1.165, 1.54) is 32.1 Å². The van der Waals surface area contributed by atoms with Gasteiger partial charge in [0, 0.05) is 5.41 Å². The standard InChI is InChI=1S/C14H29OPSi/c1-14(2,3)13(15)16(17(4,5)6)12-10-8-7-9-11-12/h12H,7-11H2,1-6H3. The predicted octanol–water partition coefficient (Wildman–Crippen LogP) is 5.21. The van der Waals surface area contributed by atoms with Crippen LogP contribution >= 0.6 is 7.47 Å². The van der Waals surface area contributed by atoms with Gasteiger partial charge in [-0.1, -0.05) is 59.7 Å². The van der Waals surface area contributed by atoms with Gasteiger partial charge < -0.3 is 0 Å². The van der Waals surface area contributed by atoms with Crippen LogP contribution in [0.5, 0.6) is 0 Å². The van der Waals surface area contributed by atoms with Crippen molar-refractivity contribution in [3.8, 4) is 0 Å². The van der Waals surface area contributed by atoms with Crippen molar-refractivity contribution in [3.63, 3.8) is 0 Å². The number of carbonyl (C=O) groups is 1. The van der Waals surface area contributed by atoms with Gasteiger partial charge in [0.05, 0.1) is 7.74 Å². The zero-order valence-electron chi connectivity index (χ0n) is 12.5. The molecule has 0 aliphatic heterocycles. The minimum Gasteiger partial charge on any atom is -0.294 e. The second kappa shape index (κ2) is 5.53. The number of hydrogen-bond acceptors (Lipinski definition) is 1. The maximum absolute atomic E-state index is 12.8. The molecule has 1 rings (SSSR count).